The van der Waals surface area contributed by atoms with E-state index < -0.39 is 48.0 Å². The van der Waals surface area contributed by atoms with E-state index in [1.54, 1.807) is 30.3 Å². The van der Waals surface area contributed by atoms with Gasteiger partial charge >= 0.3 is 23.9 Å². The van der Waals surface area contributed by atoms with Gasteiger partial charge in [-0.25, -0.2) is 4.79 Å². The maximum atomic E-state index is 12.2. The minimum atomic E-state index is -1.55. The van der Waals surface area contributed by atoms with Gasteiger partial charge in [-0.05, 0) is 19.1 Å². The molecule has 152 valence electrons. The number of hydrogen-bond donors (Lipinski definition) is 0. The molecule has 0 N–H and O–H groups in total. The van der Waals surface area contributed by atoms with E-state index in [0.717, 1.165) is 13.8 Å². The van der Waals surface area contributed by atoms with Gasteiger partial charge in [0, 0.05) is 20.8 Å². The average molecular weight is 394 g/mol. The maximum Gasteiger partial charge on any atom is 0.338 e. The van der Waals surface area contributed by atoms with Crippen LogP contribution < -0.4 is 0 Å². The summed E-state index contributed by atoms with van der Waals surface area (Å²) >= 11 is 0. The van der Waals surface area contributed by atoms with Gasteiger partial charge < -0.3 is 23.7 Å². The van der Waals surface area contributed by atoms with E-state index in [9.17, 15) is 19.2 Å². The lowest BCUT2D eigenvalue weighted by Crippen LogP contribution is -2.52. The van der Waals surface area contributed by atoms with E-state index >= 15 is 0 Å². The van der Waals surface area contributed by atoms with Crippen LogP contribution in [0.2, 0.25) is 0 Å². The lowest BCUT2D eigenvalue weighted by Gasteiger charge is -2.33. The second kappa shape index (κ2) is 8.83. The summed E-state index contributed by atoms with van der Waals surface area (Å²) in [5, 5.41) is 0. The summed E-state index contributed by atoms with van der Waals surface area (Å²) in [6, 6.07) is 8.26. The summed E-state index contributed by atoms with van der Waals surface area (Å²) in [6.07, 6.45) is -3.61. The van der Waals surface area contributed by atoms with Gasteiger partial charge in [0.05, 0.1) is 5.56 Å². The molecule has 9 nitrogen and oxygen atoms in total. The molecule has 0 amide bonds. The van der Waals surface area contributed by atoms with Crippen LogP contribution in [0.3, 0.4) is 0 Å². The van der Waals surface area contributed by atoms with Crippen LogP contribution in [0.1, 0.15) is 38.1 Å². The molecule has 1 aliphatic rings. The fourth-order valence-corrected chi connectivity index (χ4v) is 2.87. The van der Waals surface area contributed by atoms with Crippen molar-refractivity contribution >= 4 is 23.9 Å². The molecule has 4 atom stereocenters. The minimum Gasteiger partial charge on any atom is -0.459 e. The molecule has 0 aliphatic carbocycles. The highest BCUT2D eigenvalue weighted by Gasteiger charge is 2.60. The summed E-state index contributed by atoms with van der Waals surface area (Å²) in [5.41, 5.74) is -1.23. The van der Waals surface area contributed by atoms with Crippen LogP contribution in [0.25, 0.3) is 0 Å². The summed E-state index contributed by atoms with van der Waals surface area (Å²) in [6.45, 7) is 4.60. The molecule has 1 aromatic rings. The van der Waals surface area contributed by atoms with E-state index in [4.69, 9.17) is 23.7 Å². The second-order valence-electron chi connectivity index (χ2n) is 6.37. The van der Waals surface area contributed by atoms with Crippen LogP contribution in [0.5, 0.6) is 0 Å². The maximum absolute atomic E-state index is 12.2. The predicted octanol–water partition coefficient (Wildman–Crippen LogP) is 1.38. The topological polar surface area (TPSA) is 114 Å². The van der Waals surface area contributed by atoms with Gasteiger partial charge in [-0.1, -0.05) is 18.2 Å². The molecule has 0 radical (unpaired) electrons. The Hall–Kier alpha value is -2.94. The molecule has 1 aromatic carbocycles. The highest BCUT2D eigenvalue weighted by atomic mass is 16.8. The largest absolute Gasteiger partial charge is 0.459 e. The molecule has 1 saturated heterocycles. The Balaban J connectivity index is 2.23. The van der Waals surface area contributed by atoms with E-state index in [2.05, 4.69) is 0 Å². The van der Waals surface area contributed by atoms with Gasteiger partial charge in [0.1, 0.15) is 12.7 Å². The molecule has 0 saturated carbocycles. The molecule has 28 heavy (non-hydrogen) atoms. The van der Waals surface area contributed by atoms with Gasteiger partial charge in [0.2, 0.25) is 12.4 Å². The lowest BCUT2D eigenvalue weighted by atomic mass is 9.94. The third-order valence-electron chi connectivity index (χ3n) is 4.06. The molecule has 0 spiro atoms. The monoisotopic (exact) mass is 394 g/mol. The zero-order valence-electron chi connectivity index (χ0n) is 16.0. The quantitative estimate of drug-likeness (QED) is 0.521. The summed E-state index contributed by atoms with van der Waals surface area (Å²) in [5.74, 6) is -2.67. The number of rotatable bonds is 6. The van der Waals surface area contributed by atoms with Gasteiger partial charge in [0.15, 0.2) is 5.60 Å². The summed E-state index contributed by atoms with van der Waals surface area (Å²) < 4.78 is 26.5. The van der Waals surface area contributed by atoms with Crippen LogP contribution in [0.15, 0.2) is 30.3 Å². The SMILES string of the molecule is CC(=O)OC1O[C@H](COC(=O)c2ccccc2)C(C)(OC(C)=O)C1OC(C)=O. The number of ether oxygens (including phenoxy) is 5. The molecule has 0 bridgehead atoms. The normalized spacial score (nSPS) is 26.2. The number of esters is 4. The molecule has 1 aliphatic heterocycles. The smallest absolute Gasteiger partial charge is 0.338 e. The van der Waals surface area contributed by atoms with E-state index in [0.29, 0.717) is 5.56 Å². The first-order valence-corrected chi connectivity index (χ1v) is 8.55. The zero-order chi connectivity index (χ0) is 20.9. The van der Waals surface area contributed by atoms with Crippen molar-refractivity contribution in [2.75, 3.05) is 6.61 Å². The van der Waals surface area contributed by atoms with Crippen molar-refractivity contribution in [1.29, 1.82) is 0 Å². The Bertz CT molecular complexity index is 745. The first-order chi connectivity index (χ1) is 13.1. The number of carbonyl (C=O) groups excluding carboxylic acids is 4. The zero-order valence-corrected chi connectivity index (χ0v) is 16.0. The van der Waals surface area contributed by atoms with E-state index in [-0.39, 0.29) is 6.61 Å². The van der Waals surface area contributed by atoms with Crippen LogP contribution in [0, 0.1) is 0 Å². The van der Waals surface area contributed by atoms with E-state index in [1.807, 2.05) is 0 Å². The van der Waals surface area contributed by atoms with Gasteiger partial charge in [-0.15, -0.1) is 0 Å². The Labute approximate surface area is 161 Å². The van der Waals surface area contributed by atoms with Gasteiger partial charge in [-0.3, -0.25) is 14.4 Å². The van der Waals surface area contributed by atoms with E-state index in [1.165, 1.54) is 13.8 Å². The molecular weight excluding hydrogens is 372 g/mol. The lowest BCUT2D eigenvalue weighted by molar-refractivity contribution is -0.199. The van der Waals surface area contributed by atoms with Crippen molar-refractivity contribution in [3.8, 4) is 0 Å². The molecule has 2 rings (SSSR count). The molecular formula is C19H22O9. The van der Waals surface area contributed by atoms with Crippen molar-refractivity contribution in [3.63, 3.8) is 0 Å². The predicted molar refractivity (Wildman–Crippen MR) is 92.9 cm³/mol. The molecule has 1 fully saturated rings. The fraction of sp³-hybridized carbons (Fsp3) is 0.474. The van der Waals surface area contributed by atoms with Crippen molar-refractivity contribution in [3.05, 3.63) is 35.9 Å². The standard InChI is InChI=1S/C19H22O9/c1-11(20)25-16-18(26-12(2)21)27-15(19(16,4)28-13(3)22)10-24-17(23)14-8-6-5-7-9-14/h5-9,15-16,18H,10H2,1-4H3/t15-,16?,18?,19?/m1/s1. The minimum absolute atomic E-state index is 0.322. The van der Waals surface area contributed by atoms with Crippen LogP contribution in [-0.2, 0) is 38.1 Å². The highest BCUT2D eigenvalue weighted by molar-refractivity contribution is 5.89. The third kappa shape index (κ3) is 5.07. The molecule has 0 aromatic heterocycles. The summed E-state index contributed by atoms with van der Waals surface area (Å²) in [7, 11) is 0. The van der Waals surface area contributed by atoms with Gasteiger partial charge in [-0.2, -0.15) is 0 Å². The molecule has 3 unspecified atom stereocenters. The molecule has 1 heterocycles. The Morgan fingerprint density at radius 3 is 2.11 bits per heavy atom. The summed E-state index contributed by atoms with van der Waals surface area (Å²) in [4.78, 5) is 46.7. The first-order valence-electron chi connectivity index (χ1n) is 8.55. The van der Waals surface area contributed by atoms with Crippen molar-refractivity contribution in [1.82, 2.24) is 0 Å². The van der Waals surface area contributed by atoms with Crippen molar-refractivity contribution in [2.45, 2.75) is 51.8 Å². The van der Waals surface area contributed by atoms with Crippen molar-refractivity contribution < 1.29 is 42.9 Å². The molecule has 9 heteroatoms. The van der Waals surface area contributed by atoms with Crippen LogP contribution in [-0.4, -0.2) is 54.6 Å². The van der Waals surface area contributed by atoms with Gasteiger partial charge in [0.25, 0.3) is 0 Å². The first kappa shape index (κ1) is 21.4. The fourth-order valence-electron chi connectivity index (χ4n) is 2.87. The van der Waals surface area contributed by atoms with Crippen molar-refractivity contribution in [2.24, 2.45) is 0 Å². The Morgan fingerprint density at radius 1 is 0.964 bits per heavy atom. The average Bonchev–Trinajstić information content (AvgIpc) is 2.83. The number of benzene rings is 1. The Morgan fingerprint density at radius 2 is 1.57 bits per heavy atom. The van der Waals surface area contributed by atoms with Crippen LogP contribution >= 0.6 is 0 Å². The number of hydrogen-bond acceptors (Lipinski definition) is 9. The van der Waals surface area contributed by atoms with Crippen LogP contribution in [0.4, 0.5) is 0 Å². The third-order valence-corrected chi connectivity index (χ3v) is 4.06. The second-order valence-corrected chi connectivity index (χ2v) is 6.37. The number of carbonyl (C=O) groups is 4. The Kier molecular flexibility index (Phi) is 6.74. The highest BCUT2D eigenvalue weighted by Crippen LogP contribution is 2.37.